The lowest BCUT2D eigenvalue weighted by Gasteiger charge is -2.05. The van der Waals surface area contributed by atoms with Gasteiger partial charge in [0.05, 0.1) is 17.2 Å². The summed E-state index contributed by atoms with van der Waals surface area (Å²) in [5.41, 5.74) is 4.53. The first-order valence-electron chi connectivity index (χ1n) is 8.08. The minimum absolute atomic E-state index is 0.207. The molecule has 0 spiro atoms. The van der Waals surface area contributed by atoms with Crippen molar-refractivity contribution in [2.24, 2.45) is 0 Å². The quantitative estimate of drug-likeness (QED) is 0.707. The lowest BCUT2D eigenvalue weighted by molar-refractivity contribution is -0.110. The van der Waals surface area contributed by atoms with Crippen molar-refractivity contribution >= 4 is 23.0 Å². The number of pyridine rings is 1. The molecule has 0 fully saturated rings. The van der Waals surface area contributed by atoms with E-state index in [9.17, 15) is 4.79 Å². The maximum atomic E-state index is 12.3. The number of nitrogens with zero attached hydrogens (tertiary/aromatic N) is 2. The van der Waals surface area contributed by atoms with Crippen molar-refractivity contribution in [2.75, 3.05) is 10.6 Å². The summed E-state index contributed by atoms with van der Waals surface area (Å²) in [5.74, 6) is 0.343. The fourth-order valence-electron chi connectivity index (χ4n) is 2.83. The molecule has 5 heteroatoms. The van der Waals surface area contributed by atoms with Gasteiger partial charge in [0.15, 0.2) is 0 Å². The Labute approximate surface area is 150 Å². The number of hydrogen-bond donors (Lipinski definition) is 2. The molecule has 2 aromatic carbocycles. The molecule has 4 rings (SSSR count). The molecule has 1 amide bonds. The van der Waals surface area contributed by atoms with Crippen LogP contribution < -0.4 is 10.6 Å². The molecule has 124 valence electrons. The number of amides is 1. The van der Waals surface area contributed by atoms with Crippen molar-refractivity contribution in [2.45, 2.75) is 0 Å². The Morgan fingerprint density at radius 3 is 2.69 bits per heavy atom. The van der Waals surface area contributed by atoms with Gasteiger partial charge >= 0.3 is 0 Å². The summed E-state index contributed by atoms with van der Waals surface area (Å²) in [5, 5.41) is 14.9. The van der Waals surface area contributed by atoms with Gasteiger partial charge in [-0.05, 0) is 29.8 Å². The fourth-order valence-corrected chi connectivity index (χ4v) is 2.83. The van der Waals surface area contributed by atoms with Crippen LogP contribution in [0.25, 0.3) is 16.7 Å². The summed E-state index contributed by atoms with van der Waals surface area (Å²) >= 11 is 0. The second-order valence-electron chi connectivity index (χ2n) is 5.84. The van der Waals surface area contributed by atoms with Crippen LogP contribution in [0.3, 0.4) is 0 Å². The van der Waals surface area contributed by atoms with E-state index in [4.69, 9.17) is 5.26 Å². The first kappa shape index (κ1) is 15.6. The molecule has 0 unspecified atom stereocenters. The number of benzene rings is 2. The number of hydrogen-bond acceptors (Lipinski definition) is 4. The highest BCUT2D eigenvalue weighted by Crippen LogP contribution is 2.33. The van der Waals surface area contributed by atoms with Gasteiger partial charge in [-0.25, -0.2) is 4.98 Å². The Hall–Kier alpha value is -3.91. The number of carbonyl (C=O) groups is 1. The molecule has 0 atom stereocenters. The Kier molecular flexibility index (Phi) is 3.92. The first-order valence-corrected chi connectivity index (χ1v) is 8.08. The third-order valence-electron chi connectivity index (χ3n) is 4.14. The summed E-state index contributed by atoms with van der Waals surface area (Å²) in [6.07, 6.45) is 3.40. The summed E-state index contributed by atoms with van der Waals surface area (Å²) in [6, 6.07) is 21.0. The van der Waals surface area contributed by atoms with E-state index in [0.29, 0.717) is 17.0 Å². The zero-order valence-electron chi connectivity index (χ0n) is 13.7. The van der Waals surface area contributed by atoms with E-state index in [0.717, 1.165) is 22.4 Å². The van der Waals surface area contributed by atoms with E-state index < -0.39 is 0 Å². The maximum absolute atomic E-state index is 12.3. The molecular formula is C21H14N4O. The molecule has 0 aliphatic carbocycles. The number of nitrogens with one attached hydrogen (secondary N) is 2. The SMILES string of the molecule is N#Cc1cccc(NC=C2C(=O)Nc3ncc(-c4ccccc4)cc32)c1. The Balaban J connectivity index is 1.69. The smallest absolute Gasteiger partial charge is 0.259 e. The van der Waals surface area contributed by atoms with Crippen LogP contribution in [0.15, 0.2) is 73.1 Å². The van der Waals surface area contributed by atoms with Gasteiger partial charge in [0.2, 0.25) is 0 Å². The van der Waals surface area contributed by atoms with Crippen LogP contribution in [0.2, 0.25) is 0 Å². The number of nitriles is 1. The van der Waals surface area contributed by atoms with Crippen LogP contribution in [0.5, 0.6) is 0 Å². The van der Waals surface area contributed by atoms with Crippen molar-refractivity contribution in [1.29, 1.82) is 5.26 Å². The molecule has 0 saturated heterocycles. The predicted molar refractivity (Wildman–Crippen MR) is 101 cm³/mol. The van der Waals surface area contributed by atoms with Gasteiger partial charge in [0.25, 0.3) is 5.91 Å². The zero-order valence-corrected chi connectivity index (χ0v) is 13.7. The van der Waals surface area contributed by atoms with E-state index in [2.05, 4.69) is 21.7 Å². The van der Waals surface area contributed by atoms with Crippen molar-refractivity contribution in [3.05, 3.63) is 84.2 Å². The molecule has 0 bridgehead atoms. The first-order chi connectivity index (χ1) is 12.7. The molecule has 0 radical (unpaired) electrons. The minimum atomic E-state index is -0.207. The predicted octanol–water partition coefficient (Wildman–Crippen LogP) is 4.03. The van der Waals surface area contributed by atoms with Crippen LogP contribution in [0.1, 0.15) is 11.1 Å². The Morgan fingerprint density at radius 1 is 1.04 bits per heavy atom. The average molecular weight is 338 g/mol. The second kappa shape index (κ2) is 6.54. The lowest BCUT2D eigenvalue weighted by atomic mass is 10.0. The number of carbonyl (C=O) groups excluding carboxylic acids is 1. The van der Waals surface area contributed by atoms with Gasteiger partial charge in [-0.3, -0.25) is 4.79 Å². The number of fused-ring (bicyclic) bond motifs is 1. The van der Waals surface area contributed by atoms with E-state index >= 15 is 0 Å². The number of rotatable bonds is 3. The molecular weight excluding hydrogens is 324 g/mol. The monoisotopic (exact) mass is 338 g/mol. The Morgan fingerprint density at radius 2 is 1.88 bits per heavy atom. The molecule has 26 heavy (non-hydrogen) atoms. The van der Waals surface area contributed by atoms with Gasteiger partial charge in [0.1, 0.15) is 5.82 Å². The molecule has 2 heterocycles. The van der Waals surface area contributed by atoms with Crippen LogP contribution in [-0.2, 0) is 4.79 Å². The normalized spacial score (nSPS) is 13.8. The highest BCUT2D eigenvalue weighted by molar-refractivity contribution is 6.31. The molecule has 1 aromatic heterocycles. The maximum Gasteiger partial charge on any atom is 0.259 e. The zero-order chi connectivity index (χ0) is 17.9. The number of aromatic nitrogens is 1. The molecule has 1 aliphatic rings. The highest BCUT2D eigenvalue weighted by Gasteiger charge is 2.25. The van der Waals surface area contributed by atoms with Crippen LogP contribution in [-0.4, -0.2) is 10.9 Å². The van der Waals surface area contributed by atoms with Crippen molar-refractivity contribution in [1.82, 2.24) is 4.98 Å². The molecule has 3 aromatic rings. The van der Waals surface area contributed by atoms with E-state index in [1.54, 1.807) is 30.6 Å². The molecule has 0 saturated carbocycles. The van der Waals surface area contributed by atoms with Crippen molar-refractivity contribution < 1.29 is 4.79 Å². The van der Waals surface area contributed by atoms with Crippen molar-refractivity contribution in [3.8, 4) is 17.2 Å². The molecule has 2 N–H and O–H groups in total. The van der Waals surface area contributed by atoms with Crippen LogP contribution >= 0.6 is 0 Å². The Bertz CT molecular complexity index is 1060. The summed E-state index contributed by atoms with van der Waals surface area (Å²) in [7, 11) is 0. The lowest BCUT2D eigenvalue weighted by Crippen LogP contribution is -2.05. The van der Waals surface area contributed by atoms with Crippen molar-refractivity contribution in [3.63, 3.8) is 0 Å². The standard InChI is InChI=1S/C21H14N4O/c22-11-14-5-4-8-17(9-14)23-13-19-18-10-16(15-6-2-1-3-7-15)12-24-20(18)25-21(19)26/h1-10,12-13,23H,(H,24,25,26). The average Bonchev–Trinajstić information content (AvgIpc) is 3.01. The van der Waals surface area contributed by atoms with E-state index in [1.165, 1.54) is 0 Å². The fraction of sp³-hybridized carbons (Fsp3) is 0. The third-order valence-corrected chi connectivity index (χ3v) is 4.14. The third kappa shape index (κ3) is 2.92. The van der Waals surface area contributed by atoms with E-state index in [1.807, 2.05) is 42.5 Å². The van der Waals surface area contributed by atoms with E-state index in [-0.39, 0.29) is 5.91 Å². The largest absolute Gasteiger partial charge is 0.361 e. The van der Waals surface area contributed by atoms with Gasteiger partial charge in [-0.15, -0.1) is 0 Å². The van der Waals surface area contributed by atoms with Crippen LogP contribution in [0, 0.1) is 11.3 Å². The topological polar surface area (TPSA) is 77.8 Å². The summed E-state index contributed by atoms with van der Waals surface area (Å²) in [6.45, 7) is 0. The minimum Gasteiger partial charge on any atom is -0.361 e. The van der Waals surface area contributed by atoms with Gasteiger partial charge in [-0.1, -0.05) is 36.4 Å². The molecule has 5 nitrogen and oxygen atoms in total. The van der Waals surface area contributed by atoms with Gasteiger partial charge in [-0.2, -0.15) is 5.26 Å². The number of anilines is 2. The highest BCUT2D eigenvalue weighted by atomic mass is 16.2. The summed E-state index contributed by atoms with van der Waals surface area (Å²) < 4.78 is 0. The second-order valence-corrected chi connectivity index (χ2v) is 5.84. The molecule has 1 aliphatic heterocycles. The van der Waals surface area contributed by atoms with Gasteiger partial charge in [0, 0.05) is 29.2 Å². The summed E-state index contributed by atoms with van der Waals surface area (Å²) in [4.78, 5) is 16.7. The van der Waals surface area contributed by atoms with Gasteiger partial charge < -0.3 is 10.6 Å². The van der Waals surface area contributed by atoms with Crippen LogP contribution in [0.4, 0.5) is 11.5 Å².